The van der Waals surface area contributed by atoms with Gasteiger partial charge in [0.15, 0.2) is 5.11 Å². The van der Waals surface area contributed by atoms with Crippen molar-refractivity contribution < 1.29 is 18.5 Å². The number of rotatable bonds is 8. The maximum atomic E-state index is 14.0. The largest absolute Gasteiger partial charge is 0.459 e. The van der Waals surface area contributed by atoms with Crippen LogP contribution in [0.2, 0.25) is 0 Å². The predicted octanol–water partition coefficient (Wildman–Crippen LogP) is 5.39. The standard InChI is InChI=1S/C27H22FN5O4S/c28-19-8-1-2-9-20(19)30-24(34)13-15-32-26(25(31-27(32)38)21-10-3-4-14-29-21)23-12-11-22(37-23)17-6-5-7-18(16-17)33(35)36/h1-12,14,16,25-26H,13,15H2,(H,30,34)(H,31,38)/t25-,26+/m0/s1. The highest BCUT2D eigenvalue weighted by molar-refractivity contribution is 7.80. The molecular weight excluding hydrogens is 509 g/mol. The summed E-state index contributed by atoms with van der Waals surface area (Å²) >= 11 is 5.62. The van der Waals surface area contributed by atoms with Crippen molar-refractivity contribution in [2.24, 2.45) is 0 Å². The number of nitrogens with zero attached hydrogens (tertiary/aromatic N) is 3. The zero-order valence-electron chi connectivity index (χ0n) is 19.9. The van der Waals surface area contributed by atoms with Crippen LogP contribution in [0.4, 0.5) is 15.8 Å². The van der Waals surface area contributed by atoms with Crippen LogP contribution >= 0.6 is 12.2 Å². The fourth-order valence-electron chi connectivity index (χ4n) is 4.39. The van der Waals surface area contributed by atoms with Crippen molar-refractivity contribution in [3.05, 3.63) is 112 Å². The van der Waals surface area contributed by atoms with Gasteiger partial charge in [0.05, 0.1) is 22.3 Å². The third-order valence-electron chi connectivity index (χ3n) is 6.19. The van der Waals surface area contributed by atoms with Gasteiger partial charge in [0.2, 0.25) is 5.91 Å². The molecule has 1 aliphatic rings. The Balaban J connectivity index is 1.41. The van der Waals surface area contributed by atoms with Gasteiger partial charge in [-0.15, -0.1) is 0 Å². The van der Waals surface area contributed by atoms with E-state index in [1.165, 1.54) is 24.3 Å². The molecule has 5 rings (SSSR count). The second-order valence-corrected chi connectivity index (χ2v) is 8.99. The number of hydrogen-bond acceptors (Lipinski definition) is 6. The summed E-state index contributed by atoms with van der Waals surface area (Å²) in [6, 6.07) is 20.4. The van der Waals surface area contributed by atoms with Crippen LogP contribution in [0.1, 0.15) is 30.0 Å². The van der Waals surface area contributed by atoms with E-state index in [-0.39, 0.29) is 36.3 Å². The maximum absolute atomic E-state index is 14.0. The van der Waals surface area contributed by atoms with Crippen molar-refractivity contribution in [3.8, 4) is 11.3 Å². The number of benzene rings is 2. The summed E-state index contributed by atoms with van der Waals surface area (Å²) in [5.41, 5.74) is 1.35. The van der Waals surface area contributed by atoms with Crippen LogP contribution in [0.3, 0.4) is 0 Å². The van der Waals surface area contributed by atoms with Crippen molar-refractivity contribution in [2.75, 3.05) is 11.9 Å². The van der Waals surface area contributed by atoms with E-state index < -0.39 is 16.8 Å². The van der Waals surface area contributed by atoms with E-state index in [0.717, 1.165) is 5.69 Å². The Bertz CT molecular complexity index is 1500. The van der Waals surface area contributed by atoms with E-state index in [2.05, 4.69) is 15.6 Å². The van der Waals surface area contributed by atoms with Crippen molar-refractivity contribution in [1.29, 1.82) is 0 Å². The number of furan rings is 1. The molecule has 0 bridgehead atoms. The topological polar surface area (TPSA) is 114 Å². The third kappa shape index (κ3) is 5.23. The normalized spacial score (nSPS) is 16.8. The first kappa shape index (κ1) is 25.0. The van der Waals surface area contributed by atoms with Crippen molar-refractivity contribution in [3.63, 3.8) is 0 Å². The van der Waals surface area contributed by atoms with Crippen molar-refractivity contribution in [1.82, 2.24) is 15.2 Å². The van der Waals surface area contributed by atoms with E-state index in [1.807, 2.05) is 23.1 Å². The Morgan fingerprint density at radius 1 is 1.13 bits per heavy atom. The number of pyridine rings is 1. The van der Waals surface area contributed by atoms with Crippen LogP contribution in [0.15, 0.2) is 89.5 Å². The van der Waals surface area contributed by atoms with Crippen LogP contribution in [0.25, 0.3) is 11.3 Å². The fourth-order valence-corrected chi connectivity index (χ4v) is 4.72. The number of carbonyl (C=O) groups is 1. The lowest BCUT2D eigenvalue weighted by molar-refractivity contribution is -0.384. The number of carbonyl (C=O) groups excluding carboxylic acids is 1. The van der Waals surface area contributed by atoms with Gasteiger partial charge in [0.25, 0.3) is 5.69 Å². The lowest BCUT2D eigenvalue weighted by atomic mass is 10.0. The van der Waals surface area contributed by atoms with Gasteiger partial charge in [-0.25, -0.2) is 4.39 Å². The Hall–Kier alpha value is -4.64. The molecule has 2 N–H and O–H groups in total. The van der Waals surface area contributed by atoms with Crippen LogP contribution in [-0.2, 0) is 4.79 Å². The molecule has 0 spiro atoms. The minimum Gasteiger partial charge on any atom is -0.459 e. The van der Waals surface area contributed by atoms with Crippen LogP contribution < -0.4 is 10.6 Å². The third-order valence-corrected chi connectivity index (χ3v) is 6.54. The highest BCUT2D eigenvalue weighted by Crippen LogP contribution is 2.40. The molecule has 11 heteroatoms. The summed E-state index contributed by atoms with van der Waals surface area (Å²) in [6.07, 6.45) is 1.72. The van der Waals surface area contributed by atoms with E-state index in [4.69, 9.17) is 16.6 Å². The molecule has 0 unspecified atom stereocenters. The smallest absolute Gasteiger partial charge is 0.270 e. The number of para-hydroxylation sites is 1. The number of nitrogens with one attached hydrogen (secondary N) is 2. The molecule has 1 amide bonds. The SMILES string of the molecule is O=C(CCN1C(=S)N[C@@H](c2ccccn2)[C@H]1c1ccc(-c2cccc([N+](=O)[O-])c2)o1)Nc1ccccc1F. The van der Waals surface area contributed by atoms with Gasteiger partial charge < -0.3 is 20.0 Å². The van der Waals surface area contributed by atoms with E-state index >= 15 is 0 Å². The summed E-state index contributed by atoms with van der Waals surface area (Å²) in [7, 11) is 0. The van der Waals surface area contributed by atoms with E-state index in [1.54, 1.807) is 42.6 Å². The summed E-state index contributed by atoms with van der Waals surface area (Å²) < 4.78 is 20.2. The van der Waals surface area contributed by atoms with Crippen molar-refractivity contribution >= 4 is 34.6 Å². The molecule has 38 heavy (non-hydrogen) atoms. The highest BCUT2D eigenvalue weighted by atomic mass is 32.1. The predicted molar refractivity (Wildman–Crippen MR) is 143 cm³/mol. The molecule has 4 aromatic rings. The molecule has 0 saturated carbocycles. The van der Waals surface area contributed by atoms with Gasteiger partial charge >= 0.3 is 0 Å². The lowest BCUT2D eigenvalue weighted by Crippen LogP contribution is -2.32. The Labute approximate surface area is 222 Å². The molecule has 1 aliphatic heterocycles. The molecule has 9 nitrogen and oxygen atoms in total. The summed E-state index contributed by atoms with van der Waals surface area (Å²) in [5, 5.41) is 17.5. The molecule has 2 atom stereocenters. The number of aromatic nitrogens is 1. The van der Waals surface area contributed by atoms with Gasteiger partial charge in [-0.3, -0.25) is 19.9 Å². The van der Waals surface area contributed by atoms with Crippen LogP contribution in [-0.4, -0.2) is 32.4 Å². The monoisotopic (exact) mass is 531 g/mol. The second-order valence-electron chi connectivity index (χ2n) is 8.61. The molecule has 2 aromatic carbocycles. The quantitative estimate of drug-likeness (QED) is 0.177. The maximum Gasteiger partial charge on any atom is 0.270 e. The first-order valence-electron chi connectivity index (χ1n) is 11.8. The first-order valence-corrected chi connectivity index (χ1v) is 12.2. The number of anilines is 1. The van der Waals surface area contributed by atoms with Gasteiger partial charge in [-0.2, -0.15) is 0 Å². The minimum absolute atomic E-state index is 0.0417. The number of non-ortho nitro benzene ring substituents is 1. The van der Waals surface area contributed by atoms with Crippen molar-refractivity contribution in [2.45, 2.75) is 18.5 Å². The van der Waals surface area contributed by atoms with Gasteiger partial charge in [-0.05, 0) is 48.6 Å². The highest BCUT2D eigenvalue weighted by Gasteiger charge is 2.41. The fraction of sp³-hybridized carbons (Fsp3) is 0.148. The molecule has 0 aliphatic carbocycles. The Morgan fingerprint density at radius 3 is 2.71 bits per heavy atom. The molecule has 1 saturated heterocycles. The van der Waals surface area contributed by atoms with Crippen LogP contribution in [0.5, 0.6) is 0 Å². The van der Waals surface area contributed by atoms with Gasteiger partial charge in [0.1, 0.15) is 23.4 Å². The average Bonchev–Trinajstić information content (AvgIpc) is 3.54. The van der Waals surface area contributed by atoms with E-state index in [0.29, 0.717) is 22.2 Å². The summed E-state index contributed by atoms with van der Waals surface area (Å²) in [4.78, 5) is 29.7. The average molecular weight is 532 g/mol. The summed E-state index contributed by atoms with van der Waals surface area (Å²) in [5.74, 6) is 0.119. The molecular formula is C27H22FN5O4S. The molecule has 2 aromatic heterocycles. The summed E-state index contributed by atoms with van der Waals surface area (Å²) in [6.45, 7) is 0.229. The van der Waals surface area contributed by atoms with Gasteiger partial charge in [0, 0.05) is 36.9 Å². The Kier molecular flexibility index (Phi) is 7.09. The number of nitro benzene ring substituents is 1. The number of halogens is 1. The zero-order valence-corrected chi connectivity index (χ0v) is 20.7. The molecule has 1 fully saturated rings. The van der Waals surface area contributed by atoms with Gasteiger partial charge in [-0.1, -0.05) is 30.3 Å². The Morgan fingerprint density at radius 2 is 1.95 bits per heavy atom. The van der Waals surface area contributed by atoms with Crippen LogP contribution in [0, 0.1) is 15.9 Å². The molecule has 3 heterocycles. The van der Waals surface area contributed by atoms with E-state index in [9.17, 15) is 19.3 Å². The first-order chi connectivity index (χ1) is 18.4. The second kappa shape index (κ2) is 10.8. The molecule has 192 valence electrons. The zero-order chi connectivity index (χ0) is 26.6. The molecule has 0 radical (unpaired) electrons. The lowest BCUT2D eigenvalue weighted by Gasteiger charge is -2.25. The number of amides is 1. The minimum atomic E-state index is -0.517. The number of thiocarbonyl (C=S) groups is 1. The number of hydrogen-bond donors (Lipinski definition) is 2. The number of nitro groups is 1.